The highest BCUT2D eigenvalue weighted by Crippen LogP contribution is 2.17. The molecule has 2 heterocycles. The van der Waals surface area contributed by atoms with Gasteiger partial charge >= 0.3 is 6.09 Å². The Bertz CT molecular complexity index is 358. The van der Waals surface area contributed by atoms with Crippen molar-refractivity contribution in [3.8, 4) is 0 Å². The number of morpholine rings is 1. The van der Waals surface area contributed by atoms with E-state index in [0.717, 1.165) is 45.7 Å². The van der Waals surface area contributed by atoms with Gasteiger partial charge in [0.2, 0.25) is 5.91 Å². The van der Waals surface area contributed by atoms with Crippen molar-refractivity contribution in [2.45, 2.75) is 12.8 Å². The third kappa shape index (κ3) is 4.86. The van der Waals surface area contributed by atoms with E-state index >= 15 is 0 Å². The molecule has 120 valence electrons. The first-order valence-electron chi connectivity index (χ1n) is 7.61. The van der Waals surface area contributed by atoms with E-state index in [2.05, 4.69) is 10.2 Å². The number of ether oxygens (including phenoxy) is 2. The van der Waals surface area contributed by atoms with Gasteiger partial charge in [0.05, 0.1) is 26.2 Å². The van der Waals surface area contributed by atoms with Crippen LogP contribution in [-0.2, 0) is 14.3 Å². The molecule has 2 fully saturated rings. The second-order valence-corrected chi connectivity index (χ2v) is 5.50. The van der Waals surface area contributed by atoms with E-state index in [0.29, 0.717) is 19.6 Å². The summed E-state index contributed by atoms with van der Waals surface area (Å²) in [5.41, 5.74) is 0. The summed E-state index contributed by atoms with van der Waals surface area (Å²) >= 11 is 0. The maximum Gasteiger partial charge on any atom is 0.409 e. The summed E-state index contributed by atoms with van der Waals surface area (Å²) in [6.07, 6.45) is 1.33. The lowest BCUT2D eigenvalue weighted by Crippen LogP contribution is -2.47. The van der Waals surface area contributed by atoms with E-state index in [4.69, 9.17) is 9.47 Å². The second-order valence-electron chi connectivity index (χ2n) is 5.50. The van der Waals surface area contributed by atoms with Crippen molar-refractivity contribution in [1.29, 1.82) is 0 Å². The Morgan fingerprint density at radius 1 is 1.29 bits per heavy atom. The van der Waals surface area contributed by atoms with Gasteiger partial charge in [-0.15, -0.1) is 0 Å². The highest BCUT2D eigenvalue weighted by molar-refractivity contribution is 5.79. The van der Waals surface area contributed by atoms with E-state index in [1.165, 1.54) is 7.11 Å². The van der Waals surface area contributed by atoms with Crippen molar-refractivity contribution in [1.82, 2.24) is 15.1 Å². The highest BCUT2D eigenvalue weighted by Gasteiger charge is 2.28. The molecule has 0 saturated carbocycles. The minimum absolute atomic E-state index is 0.0388. The number of amides is 2. The molecule has 1 atom stereocenters. The number of piperidine rings is 1. The lowest BCUT2D eigenvalue weighted by molar-refractivity contribution is -0.126. The van der Waals surface area contributed by atoms with Crippen LogP contribution >= 0.6 is 0 Å². The van der Waals surface area contributed by atoms with E-state index in [-0.39, 0.29) is 17.9 Å². The Morgan fingerprint density at radius 2 is 2.05 bits per heavy atom. The Kier molecular flexibility index (Phi) is 6.25. The Labute approximate surface area is 125 Å². The summed E-state index contributed by atoms with van der Waals surface area (Å²) in [5.74, 6) is -0.0839. The quantitative estimate of drug-likeness (QED) is 0.786. The van der Waals surface area contributed by atoms with Crippen LogP contribution in [0, 0.1) is 5.92 Å². The lowest BCUT2D eigenvalue weighted by Gasteiger charge is -2.31. The van der Waals surface area contributed by atoms with Crippen LogP contribution in [0.25, 0.3) is 0 Å². The van der Waals surface area contributed by atoms with Crippen LogP contribution in [0.2, 0.25) is 0 Å². The van der Waals surface area contributed by atoms with Gasteiger partial charge in [-0.3, -0.25) is 9.69 Å². The van der Waals surface area contributed by atoms with Crippen molar-refractivity contribution in [2.24, 2.45) is 5.92 Å². The minimum atomic E-state index is -0.346. The second kappa shape index (κ2) is 8.19. The van der Waals surface area contributed by atoms with Crippen LogP contribution in [0.1, 0.15) is 12.8 Å². The molecule has 1 unspecified atom stereocenters. The first-order valence-corrected chi connectivity index (χ1v) is 7.61. The molecule has 1 N–H and O–H groups in total. The summed E-state index contributed by atoms with van der Waals surface area (Å²) < 4.78 is 10.0. The summed E-state index contributed by atoms with van der Waals surface area (Å²) in [7, 11) is 1.37. The molecule has 0 aromatic rings. The zero-order valence-corrected chi connectivity index (χ0v) is 12.7. The number of methoxy groups -OCH3 is 1. The highest BCUT2D eigenvalue weighted by atomic mass is 16.5. The van der Waals surface area contributed by atoms with Crippen molar-refractivity contribution in [3.05, 3.63) is 0 Å². The number of nitrogens with one attached hydrogen (secondary N) is 1. The summed E-state index contributed by atoms with van der Waals surface area (Å²) in [4.78, 5) is 27.6. The predicted octanol–water partition coefficient (Wildman–Crippen LogP) is -0.0868. The van der Waals surface area contributed by atoms with Gasteiger partial charge in [-0.1, -0.05) is 0 Å². The zero-order chi connectivity index (χ0) is 15.1. The third-order valence-electron chi connectivity index (χ3n) is 4.06. The van der Waals surface area contributed by atoms with Gasteiger partial charge in [0.25, 0.3) is 0 Å². The number of hydrogen-bond donors (Lipinski definition) is 1. The Hall–Kier alpha value is -1.34. The molecule has 7 nitrogen and oxygen atoms in total. The molecule has 0 bridgehead atoms. The average molecular weight is 299 g/mol. The molecular formula is C14H25N3O4. The summed E-state index contributed by atoms with van der Waals surface area (Å²) in [6.45, 7) is 6.01. The Balaban J connectivity index is 1.68. The van der Waals surface area contributed by atoms with Crippen LogP contribution in [0.15, 0.2) is 0 Å². The van der Waals surface area contributed by atoms with E-state index < -0.39 is 0 Å². The fourth-order valence-electron chi connectivity index (χ4n) is 2.79. The molecule has 2 saturated heterocycles. The summed E-state index contributed by atoms with van der Waals surface area (Å²) in [5, 5.41) is 2.98. The SMILES string of the molecule is COC(=O)N1CCCC(C(=O)NCCN2CCOCC2)C1. The molecule has 2 aliphatic rings. The molecule has 7 heteroatoms. The molecule has 21 heavy (non-hydrogen) atoms. The lowest BCUT2D eigenvalue weighted by atomic mass is 9.97. The van der Waals surface area contributed by atoms with Crippen LogP contribution in [0.5, 0.6) is 0 Å². The number of nitrogens with zero attached hydrogens (tertiary/aromatic N) is 2. The smallest absolute Gasteiger partial charge is 0.409 e. The van der Waals surface area contributed by atoms with Gasteiger partial charge in [0.15, 0.2) is 0 Å². The van der Waals surface area contributed by atoms with Gasteiger partial charge in [0, 0.05) is 39.3 Å². The first kappa shape index (κ1) is 16.0. The van der Waals surface area contributed by atoms with E-state index in [1.54, 1.807) is 4.90 Å². The van der Waals surface area contributed by atoms with E-state index in [9.17, 15) is 9.59 Å². The predicted molar refractivity (Wildman–Crippen MR) is 77.0 cm³/mol. The maximum absolute atomic E-state index is 12.2. The molecule has 0 radical (unpaired) electrons. The van der Waals surface area contributed by atoms with Gasteiger partial charge in [-0.25, -0.2) is 4.79 Å². The van der Waals surface area contributed by atoms with Gasteiger partial charge < -0.3 is 19.7 Å². The molecule has 0 aromatic carbocycles. The molecule has 0 aliphatic carbocycles. The fraction of sp³-hybridized carbons (Fsp3) is 0.857. The third-order valence-corrected chi connectivity index (χ3v) is 4.06. The number of rotatable bonds is 4. The van der Waals surface area contributed by atoms with Gasteiger partial charge in [-0.05, 0) is 12.8 Å². The standard InChI is InChI=1S/C14H25N3O4/c1-20-14(19)17-5-2-3-12(11-17)13(18)15-4-6-16-7-9-21-10-8-16/h12H,2-11H2,1H3,(H,15,18). The maximum atomic E-state index is 12.2. The first-order chi connectivity index (χ1) is 10.2. The number of likely N-dealkylation sites (tertiary alicyclic amines) is 1. The minimum Gasteiger partial charge on any atom is -0.453 e. The topological polar surface area (TPSA) is 71.1 Å². The molecule has 2 amide bonds. The van der Waals surface area contributed by atoms with Gasteiger partial charge in [-0.2, -0.15) is 0 Å². The summed E-state index contributed by atoms with van der Waals surface area (Å²) in [6, 6.07) is 0. The van der Waals surface area contributed by atoms with Crippen molar-refractivity contribution >= 4 is 12.0 Å². The normalized spacial score (nSPS) is 23.7. The van der Waals surface area contributed by atoms with Gasteiger partial charge in [0.1, 0.15) is 0 Å². The Morgan fingerprint density at radius 3 is 2.76 bits per heavy atom. The average Bonchev–Trinajstić information content (AvgIpc) is 2.55. The molecular weight excluding hydrogens is 274 g/mol. The molecule has 0 aromatic heterocycles. The van der Waals surface area contributed by atoms with E-state index in [1.807, 2.05) is 0 Å². The molecule has 2 rings (SSSR count). The fourth-order valence-corrected chi connectivity index (χ4v) is 2.79. The largest absolute Gasteiger partial charge is 0.453 e. The number of hydrogen-bond acceptors (Lipinski definition) is 5. The zero-order valence-electron chi connectivity index (χ0n) is 12.7. The van der Waals surface area contributed by atoms with Crippen molar-refractivity contribution < 1.29 is 19.1 Å². The van der Waals surface area contributed by atoms with Crippen LogP contribution in [-0.4, -0.2) is 81.4 Å². The number of carbonyl (C=O) groups is 2. The van der Waals surface area contributed by atoms with Crippen molar-refractivity contribution in [2.75, 3.05) is 59.6 Å². The monoisotopic (exact) mass is 299 g/mol. The van der Waals surface area contributed by atoms with Crippen molar-refractivity contribution in [3.63, 3.8) is 0 Å². The number of carbonyl (C=O) groups excluding carboxylic acids is 2. The van der Waals surface area contributed by atoms with Crippen LogP contribution in [0.4, 0.5) is 4.79 Å². The van der Waals surface area contributed by atoms with Crippen LogP contribution in [0.3, 0.4) is 0 Å². The molecule has 2 aliphatic heterocycles. The molecule has 0 spiro atoms. The van der Waals surface area contributed by atoms with Crippen LogP contribution < -0.4 is 5.32 Å².